The first-order valence-electron chi connectivity index (χ1n) is 9.45. The van der Waals surface area contributed by atoms with Crippen molar-refractivity contribution >= 4 is 11.9 Å². The molecule has 232 valence electrons. The number of alkyl halides is 18. The molecule has 0 atom stereocenters. The molecule has 0 aromatic rings. The quantitative estimate of drug-likeness (QED) is 0.136. The van der Waals surface area contributed by atoms with Gasteiger partial charge >= 0.3 is 59.8 Å². The molecule has 0 amide bonds. The second-order valence-corrected chi connectivity index (χ2v) is 7.77. The number of hydrogen-bond donors (Lipinski definition) is 0. The first kappa shape index (κ1) is 36.7. The van der Waals surface area contributed by atoms with E-state index in [2.05, 4.69) is 9.47 Å². The highest BCUT2D eigenvalue weighted by atomic mass is 19.4. The Morgan fingerprint density at radius 1 is 0.436 bits per heavy atom. The smallest absolute Gasteiger partial charge is 0.460 e. The van der Waals surface area contributed by atoms with Gasteiger partial charge in [-0.25, -0.2) is 0 Å². The van der Waals surface area contributed by atoms with Crippen LogP contribution in [0.25, 0.3) is 0 Å². The van der Waals surface area contributed by atoms with Gasteiger partial charge in [0, 0.05) is 12.8 Å². The molecule has 0 radical (unpaired) electrons. The van der Waals surface area contributed by atoms with E-state index in [1.807, 2.05) is 0 Å². The Morgan fingerprint density at radius 3 is 0.846 bits per heavy atom. The van der Waals surface area contributed by atoms with Crippen LogP contribution in [0.4, 0.5) is 79.0 Å². The van der Waals surface area contributed by atoms with Crippen LogP contribution in [0.1, 0.15) is 25.7 Å². The molecule has 0 saturated heterocycles. The molecule has 0 spiro atoms. The Balaban J connectivity index is 6.62. The van der Waals surface area contributed by atoms with Crippen LogP contribution in [0, 0.1) is 5.41 Å². The van der Waals surface area contributed by atoms with Crippen LogP contribution in [0.3, 0.4) is 0 Å². The van der Waals surface area contributed by atoms with Gasteiger partial charge in [0.15, 0.2) is 5.41 Å². The molecule has 0 aliphatic carbocycles. The Kier molecular flexibility index (Phi) is 9.95. The van der Waals surface area contributed by atoms with Crippen LogP contribution in [0.2, 0.25) is 0 Å². The summed E-state index contributed by atoms with van der Waals surface area (Å²) in [6.45, 7) is 0. The summed E-state index contributed by atoms with van der Waals surface area (Å²) < 4.78 is 243. The molecule has 0 fully saturated rings. The first-order valence-corrected chi connectivity index (χ1v) is 9.45. The van der Waals surface area contributed by atoms with E-state index in [-0.39, 0.29) is 14.2 Å². The van der Waals surface area contributed by atoms with E-state index in [9.17, 15) is 88.6 Å². The largest absolute Gasteiger partial charge is 0.468 e. The molecule has 0 heterocycles. The first-order chi connectivity index (χ1) is 16.9. The minimum atomic E-state index is -7.50. The Hall–Kier alpha value is -2.32. The molecule has 0 N–H and O–H groups in total. The predicted octanol–water partition coefficient (Wildman–Crippen LogP) is 6.82. The second kappa shape index (κ2) is 10.6. The lowest BCUT2D eigenvalue weighted by atomic mass is 9.76. The van der Waals surface area contributed by atoms with Crippen molar-refractivity contribution in [3.8, 4) is 0 Å². The molecule has 0 aliphatic heterocycles. The highest BCUT2D eigenvalue weighted by molar-refractivity contribution is 6.00. The van der Waals surface area contributed by atoms with E-state index in [1.165, 1.54) is 0 Å². The van der Waals surface area contributed by atoms with E-state index in [4.69, 9.17) is 0 Å². The number of carbonyl (C=O) groups is 2. The van der Waals surface area contributed by atoms with E-state index < -0.39 is 90.9 Å². The van der Waals surface area contributed by atoms with Crippen LogP contribution in [-0.2, 0) is 19.1 Å². The molecule has 0 aromatic carbocycles. The third-order valence-corrected chi connectivity index (χ3v) is 5.30. The number of hydrogen-bond acceptors (Lipinski definition) is 4. The van der Waals surface area contributed by atoms with E-state index in [0.29, 0.717) is 0 Å². The van der Waals surface area contributed by atoms with Crippen molar-refractivity contribution in [2.75, 3.05) is 14.2 Å². The molecule has 0 rings (SSSR count). The fourth-order valence-corrected chi connectivity index (χ4v) is 2.88. The number of rotatable bonds is 12. The molecule has 0 bridgehead atoms. The minimum absolute atomic E-state index is 0.176. The summed E-state index contributed by atoms with van der Waals surface area (Å²) >= 11 is 0. The van der Waals surface area contributed by atoms with Gasteiger partial charge in [-0.15, -0.1) is 0 Å². The van der Waals surface area contributed by atoms with Gasteiger partial charge in [0.2, 0.25) is 0 Å². The van der Waals surface area contributed by atoms with Crippen molar-refractivity contribution in [2.24, 2.45) is 5.41 Å². The molecule has 0 saturated carbocycles. The molecule has 0 aromatic heterocycles. The lowest BCUT2D eigenvalue weighted by molar-refractivity contribution is -0.398. The zero-order chi connectivity index (χ0) is 31.9. The van der Waals surface area contributed by atoms with Crippen LogP contribution < -0.4 is 0 Å². The minimum Gasteiger partial charge on any atom is -0.468 e. The average molecular weight is 624 g/mol. The predicted molar refractivity (Wildman–Crippen MR) is 86.7 cm³/mol. The summed E-state index contributed by atoms with van der Waals surface area (Å²) in [5.74, 6) is -47.8. The topological polar surface area (TPSA) is 52.6 Å². The number of methoxy groups -OCH3 is 2. The number of halogens is 18. The Bertz CT molecular complexity index is 817. The van der Waals surface area contributed by atoms with E-state index >= 15 is 0 Å². The van der Waals surface area contributed by atoms with Gasteiger partial charge in [0.25, 0.3) is 0 Å². The third kappa shape index (κ3) is 6.07. The zero-order valence-electron chi connectivity index (χ0n) is 18.8. The number of esters is 2. The maximum Gasteiger partial charge on any atom is 0.460 e. The van der Waals surface area contributed by atoms with Gasteiger partial charge in [-0.3, -0.25) is 9.59 Å². The van der Waals surface area contributed by atoms with Crippen LogP contribution in [0.5, 0.6) is 0 Å². The summed E-state index contributed by atoms with van der Waals surface area (Å²) in [5.41, 5.74) is -4.02. The normalized spacial score (nSPS) is 15.3. The summed E-state index contributed by atoms with van der Waals surface area (Å²) in [6.07, 6.45) is -26.0. The molecular weight excluding hydrogens is 610 g/mol. The van der Waals surface area contributed by atoms with Crippen molar-refractivity contribution in [1.29, 1.82) is 0 Å². The van der Waals surface area contributed by atoms with Gasteiger partial charge in [-0.2, -0.15) is 79.0 Å². The van der Waals surface area contributed by atoms with Crippen LogP contribution in [-0.4, -0.2) is 74.0 Å². The Labute approximate surface area is 204 Å². The van der Waals surface area contributed by atoms with Crippen molar-refractivity contribution in [3.05, 3.63) is 0 Å². The molecule has 4 nitrogen and oxygen atoms in total. The summed E-state index contributed by atoms with van der Waals surface area (Å²) in [6, 6.07) is 0. The van der Waals surface area contributed by atoms with Gasteiger partial charge in [-0.05, 0) is 12.8 Å². The highest BCUT2D eigenvalue weighted by Gasteiger charge is 2.83. The maximum absolute atomic E-state index is 13.9. The van der Waals surface area contributed by atoms with Crippen molar-refractivity contribution in [2.45, 2.75) is 73.6 Å². The molecule has 39 heavy (non-hydrogen) atoms. The fraction of sp³-hybridized carbons (Fsp3) is 0.882. The van der Waals surface area contributed by atoms with E-state index in [1.54, 1.807) is 0 Å². The summed E-state index contributed by atoms with van der Waals surface area (Å²) in [5, 5.41) is 0. The van der Waals surface area contributed by atoms with Crippen molar-refractivity contribution in [1.82, 2.24) is 0 Å². The Morgan fingerprint density at radius 2 is 0.667 bits per heavy atom. The van der Waals surface area contributed by atoms with Crippen LogP contribution in [0.15, 0.2) is 0 Å². The lowest BCUT2D eigenvalue weighted by Gasteiger charge is -2.37. The summed E-state index contributed by atoms with van der Waals surface area (Å²) in [7, 11) is 0.351. The molecule has 0 aliphatic rings. The van der Waals surface area contributed by atoms with Gasteiger partial charge in [0.1, 0.15) is 0 Å². The number of carbonyl (C=O) groups excluding carboxylic acids is 2. The standard InChI is InChI=1S/C17H14F18O4/c1-38-7(36)9(8(37)39-2,3-5-10(18,19)12(22,23)14(26,27)16(30,31)32)4-6-11(20,21)13(24,25)15(28,29)17(33,34)35/h3-6H2,1-2H3. The monoisotopic (exact) mass is 624 g/mol. The van der Waals surface area contributed by atoms with Gasteiger partial charge in [0.05, 0.1) is 14.2 Å². The van der Waals surface area contributed by atoms with Crippen molar-refractivity contribution < 1.29 is 98.1 Å². The second-order valence-electron chi connectivity index (χ2n) is 7.77. The van der Waals surface area contributed by atoms with Gasteiger partial charge < -0.3 is 9.47 Å². The zero-order valence-corrected chi connectivity index (χ0v) is 18.8. The fourth-order valence-electron chi connectivity index (χ4n) is 2.88. The van der Waals surface area contributed by atoms with Gasteiger partial charge in [-0.1, -0.05) is 0 Å². The van der Waals surface area contributed by atoms with Crippen molar-refractivity contribution in [3.63, 3.8) is 0 Å². The molecular formula is C17H14F18O4. The average Bonchev–Trinajstić information content (AvgIpc) is 2.76. The molecule has 22 heteroatoms. The summed E-state index contributed by atoms with van der Waals surface area (Å²) in [4.78, 5) is 24.1. The number of ether oxygens (including phenoxy) is 2. The maximum atomic E-state index is 13.9. The van der Waals surface area contributed by atoms with Crippen LogP contribution >= 0.6 is 0 Å². The SMILES string of the molecule is COC(=O)C(CCC(F)(F)C(F)(F)C(F)(F)C(F)(F)F)(CCC(F)(F)C(F)(F)C(F)(F)C(F)(F)F)C(=O)OC. The molecule has 0 unspecified atom stereocenters. The lowest BCUT2D eigenvalue weighted by Crippen LogP contribution is -2.61. The highest BCUT2D eigenvalue weighted by Crippen LogP contribution is 2.57. The van der Waals surface area contributed by atoms with E-state index in [0.717, 1.165) is 0 Å². The third-order valence-electron chi connectivity index (χ3n) is 5.30.